The van der Waals surface area contributed by atoms with Gasteiger partial charge in [0.15, 0.2) is 0 Å². The number of sulfone groups is 1. The van der Waals surface area contributed by atoms with Crippen LogP contribution in [0, 0.1) is 6.92 Å². The Bertz CT molecular complexity index is 451. The van der Waals surface area contributed by atoms with Gasteiger partial charge in [-0.1, -0.05) is 0 Å². The van der Waals surface area contributed by atoms with Crippen LogP contribution >= 0.6 is 0 Å². The average Bonchev–Trinajstić information content (AvgIpc) is 2.45. The number of nitrogens with zero attached hydrogens (tertiary/aromatic N) is 2. The van der Waals surface area contributed by atoms with Gasteiger partial charge in [-0.25, -0.2) is 8.42 Å². The summed E-state index contributed by atoms with van der Waals surface area (Å²) in [6.07, 6.45) is 4.25. The number of aromatic nitrogens is 2. The molecule has 0 saturated heterocycles. The molecule has 2 N–H and O–H groups in total. The number of aryl methyl sites for hydroxylation is 1. The Morgan fingerprint density at radius 2 is 2.19 bits per heavy atom. The Kier molecular flexibility index (Phi) is 4.09. The molecule has 1 aromatic rings. The summed E-state index contributed by atoms with van der Waals surface area (Å²) in [5.74, 6) is 0.194. The van der Waals surface area contributed by atoms with E-state index in [1.165, 1.54) is 6.26 Å². The third-order valence-electron chi connectivity index (χ3n) is 2.70. The molecule has 0 amide bonds. The molecule has 0 radical (unpaired) electrons. The molecule has 0 spiro atoms. The van der Waals surface area contributed by atoms with Crippen molar-refractivity contribution >= 4 is 9.84 Å². The van der Waals surface area contributed by atoms with Crippen molar-refractivity contribution in [3.63, 3.8) is 0 Å². The van der Waals surface area contributed by atoms with E-state index in [1.807, 2.05) is 14.0 Å². The fourth-order valence-electron chi connectivity index (χ4n) is 1.60. The van der Waals surface area contributed by atoms with E-state index in [2.05, 4.69) is 5.10 Å². The van der Waals surface area contributed by atoms with Crippen molar-refractivity contribution < 1.29 is 8.42 Å². The summed E-state index contributed by atoms with van der Waals surface area (Å²) in [6, 6.07) is -0.129. The minimum Gasteiger partial charge on any atom is -0.324 e. The molecular weight excluding hydrogens is 226 g/mol. The molecule has 16 heavy (non-hydrogen) atoms. The van der Waals surface area contributed by atoms with E-state index < -0.39 is 9.84 Å². The third kappa shape index (κ3) is 3.61. The van der Waals surface area contributed by atoms with Crippen LogP contribution < -0.4 is 5.73 Å². The van der Waals surface area contributed by atoms with E-state index in [-0.39, 0.29) is 11.8 Å². The van der Waals surface area contributed by atoms with Crippen LogP contribution in [-0.2, 0) is 16.9 Å². The fourth-order valence-corrected chi connectivity index (χ4v) is 2.29. The van der Waals surface area contributed by atoms with Crippen molar-refractivity contribution in [2.75, 3.05) is 12.0 Å². The van der Waals surface area contributed by atoms with Crippen LogP contribution in [0.2, 0.25) is 0 Å². The van der Waals surface area contributed by atoms with Crippen molar-refractivity contribution in [3.05, 3.63) is 17.5 Å². The third-order valence-corrected chi connectivity index (χ3v) is 3.73. The molecule has 1 atom stereocenters. The zero-order valence-corrected chi connectivity index (χ0v) is 10.8. The van der Waals surface area contributed by atoms with E-state index in [9.17, 15) is 8.42 Å². The van der Waals surface area contributed by atoms with Gasteiger partial charge in [-0.2, -0.15) is 5.10 Å². The molecule has 1 heterocycles. The highest BCUT2D eigenvalue weighted by Crippen LogP contribution is 2.18. The molecule has 0 aliphatic rings. The lowest BCUT2D eigenvalue weighted by Crippen LogP contribution is -2.13. The van der Waals surface area contributed by atoms with Crippen LogP contribution in [-0.4, -0.2) is 30.2 Å². The van der Waals surface area contributed by atoms with Crippen LogP contribution in [0.3, 0.4) is 0 Å². The van der Waals surface area contributed by atoms with Gasteiger partial charge in [-0.15, -0.1) is 0 Å². The van der Waals surface area contributed by atoms with Crippen LogP contribution in [0.5, 0.6) is 0 Å². The smallest absolute Gasteiger partial charge is 0.147 e. The molecule has 92 valence electrons. The molecule has 0 bridgehead atoms. The van der Waals surface area contributed by atoms with E-state index in [1.54, 1.807) is 10.9 Å². The van der Waals surface area contributed by atoms with Gasteiger partial charge in [0, 0.05) is 36.4 Å². The second-order valence-electron chi connectivity index (χ2n) is 4.19. The Hall–Kier alpha value is -0.880. The second kappa shape index (κ2) is 4.97. The molecule has 0 fully saturated rings. The normalized spacial score (nSPS) is 14.0. The molecule has 0 aromatic carbocycles. The SMILES string of the molecule is Cc1c(C(N)CCCS(C)(=O)=O)cnn1C. The molecule has 0 aliphatic heterocycles. The van der Waals surface area contributed by atoms with Crippen LogP contribution in [0.4, 0.5) is 0 Å². The minimum absolute atomic E-state index is 0.129. The first-order valence-corrected chi connectivity index (χ1v) is 7.29. The van der Waals surface area contributed by atoms with Gasteiger partial charge in [0.05, 0.1) is 6.20 Å². The summed E-state index contributed by atoms with van der Waals surface area (Å²) >= 11 is 0. The highest BCUT2D eigenvalue weighted by Gasteiger charge is 2.13. The van der Waals surface area contributed by atoms with Gasteiger partial charge in [0.1, 0.15) is 9.84 Å². The number of hydrogen-bond donors (Lipinski definition) is 1. The molecule has 6 heteroatoms. The maximum atomic E-state index is 11.0. The Labute approximate surface area is 96.6 Å². The van der Waals surface area contributed by atoms with Crippen LogP contribution in [0.1, 0.15) is 30.1 Å². The maximum absolute atomic E-state index is 11.0. The highest BCUT2D eigenvalue weighted by atomic mass is 32.2. The molecule has 0 saturated carbocycles. The van der Waals surface area contributed by atoms with Crippen molar-refractivity contribution in [2.24, 2.45) is 12.8 Å². The van der Waals surface area contributed by atoms with Crippen molar-refractivity contribution in [3.8, 4) is 0 Å². The van der Waals surface area contributed by atoms with E-state index >= 15 is 0 Å². The largest absolute Gasteiger partial charge is 0.324 e. The highest BCUT2D eigenvalue weighted by molar-refractivity contribution is 7.90. The number of hydrogen-bond acceptors (Lipinski definition) is 4. The minimum atomic E-state index is -2.88. The monoisotopic (exact) mass is 245 g/mol. The lowest BCUT2D eigenvalue weighted by Gasteiger charge is -2.10. The van der Waals surface area contributed by atoms with E-state index in [4.69, 9.17) is 5.73 Å². The quantitative estimate of drug-likeness (QED) is 0.822. The summed E-state index contributed by atoms with van der Waals surface area (Å²) in [6.45, 7) is 1.96. The van der Waals surface area contributed by atoms with Gasteiger partial charge >= 0.3 is 0 Å². The first-order valence-electron chi connectivity index (χ1n) is 5.23. The van der Waals surface area contributed by atoms with Crippen LogP contribution in [0.15, 0.2) is 6.20 Å². The van der Waals surface area contributed by atoms with Gasteiger partial charge in [-0.3, -0.25) is 4.68 Å². The number of nitrogens with two attached hydrogens (primary N) is 1. The molecule has 0 aliphatic carbocycles. The van der Waals surface area contributed by atoms with Crippen molar-refractivity contribution in [1.29, 1.82) is 0 Å². The summed E-state index contributed by atoms with van der Waals surface area (Å²) < 4.78 is 23.7. The maximum Gasteiger partial charge on any atom is 0.147 e. The topological polar surface area (TPSA) is 78.0 Å². The Morgan fingerprint density at radius 3 is 2.62 bits per heavy atom. The standard InChI is InChI=1S/C10H19N3O2S/c1-8-9(7-12-13(8)2)10(11)5-4-6-16(3,14)15/h7,10H,4-6,11H2,1-3H3. The number of rotatable bonds is 5. The zero-order valence-electron chi connectivity index (χ0n) is 9.97. The first kappa shape index (κ1) is 13.2. The molecule has 1 rings (SSSR count). The summed E-state index contributed by atoms with van der Waals surface area (Å²) in [4.78, 5) is 0. The zero-order chi connectivity index (χ0) is 12.3. The van der Waals surface area contributed by atoms with Gasteiger partial charge in [0.25, 0.3) is 0 Å². The molecular formula is C10H19N3O2S. The van der Waals surface area contributed by atoms with E-state index in [0.717, 1.165) is 11.3 Å². The predicted octanol–water partition coefficient (Wildman–Crippen LogP) is 0.553. The molecule has 5 nitrogen and oxygen atoms in total. The Balaban J connectivity index is 2.53. The second-order valence-corrected chi connectivity index (χ2v) is 6.45. The first-order chi connectivity index (χ1) is 7.31. The predicted molar refractivity (Wildman–Crippen MR) is 63.8 cm³/mol. The van der Waals surface area contributed by atoms with E-state index in [0.29, 0.717) is 12.8 Å². The lowest BCUT2D eigenvalue weighted by atomic mass is 10.0. The molecule has 1 aromatic heterocycles. The van der Waals surface area contributed by atoms with Gasteiger partial charge in [-0.05, 0) is 19.8 Å². The molecule has 1 unspecified atom stereocenters. The lowest BCUT2D eigenvalue weighted by molar-refractivity contribution is 0.587. The van der Waals surface area contributed by atoms with Crippen molar-refractivity contribution in [2.45, 2.75) is 25.8 Å². The summed E-state index contributed by atoms with van der Waals surface area (Å²) in [7, 11) is -1.02. The fraction of sp³-hybridized carbons (Fsp3) is 0.700. The summed E-state index contributed by atoms with van der Waals surface area (Å²) in [5.41, 5.74) is 8.02. The van der Waals surface area contributed by atoms with Gasteiger partial charge < -0.3 is 5.73 Å². The average molecular weight is 245 g/mol. The van der Waals surface area contributed by atoms with Crippen molar-refractivity contribution in [1.82, 2.24) is 9.78 Å². The Morgan fingerprint density at radius 1 is 1.56 bits per heavy atom. The van der Waals surface area contributed by atoms with Gasteiger partial charge in [0.2, 0.25) is 0 Å². The van der Waals surface area contributed by atoms with Crippen LogP contribution in [0.25, 0.3) is 0 Å². The summed E-state index contributed by atoms with van der Waals surface area (Å²) in [5, 5.41) is 4.11.